The summed E-state index contributed by atoms with van der Waals surface area (Å²) in [5.74, 6) is 0.500. The van der Waals surface area contributed by atoms with Gasteiger partial charge in [0.1, 0.15) is 0 Å². The second-order valence-corrected chi connectivity index (χ2v) is 5.48. The molecule has 90 valence electrons. The second-order valence-electron chi connectivity index (χ2n) is 4.22. The van der Waals surface area contributed by atoms with Crippen molar-refractivity contribution in [3.63, 3.8) is 0 Å². The Hall–Kier alpha value is -0.870. The molecule has 0 saturated carbocycles. The first kappa shape index (κ1) is 13.2. The van der Waals surface area contributed by atoms with Gasteiger partial charge in [-0.2, -0.15) is 0 Å². The van der Waals surface area contributed by atoms with Gasteiger partial charge in [0.15, 0.2) is 0 Å². The van der Waals surface area contributed by atoms with Gasteiger partial charge in [-0.3, -0.25) is 4.79 Å². The van der Waals surface area contributed by atoms with Gasteiger partial charge in [-0.25, -0.2) is 0 Å². The highest BCUT2D eigenvalue weighted by atomic mass is 32.1. The van der Waals surface area contributed by atoms with Crippen molar-refractivity contribution in [2.75, 3.05) is 20.1 Å². The van der Waals surface area contributed by atoms with Crippen molar-refractivity contribution in [1.29, 1.82) is 0 Å². The van der Waals surface area contributed by atoms with Crippen LogP contribution in [-0.4, -0.2) is 26.0 Å². The van der Waals surface area contributed by atoms with Gasteiger partial charge < -0.3 is 10.6 Å². The second kappa shape index (κ2) is 6.01. The van der Waals surface area contributed by atoms with Crippen LogP contribution < -0.4 is 10.6 Å². The third kappa shape index (κ3) is 3.61. The third-order valence-electron chi connectivity index (χ3n) is 2.55. The lowest BCUT2D eigenvalue weighted by atomic mass is 10.2. The summed E-state index contributed by atoms with van der Waals surface area (Å²) in [4.78, 5) is 13.8. The zero-order valence-corrected chi connectivity index (χ0v) is 11.2. The minimum atomic E-state index is 0.0455. The summed E-state index contributed by atoms with van der Waals surface area (Å²) in [7, 11) is 1.92. The first-order valence-corrected chi connectivity index (χ1v) is 6.36. The summed E-state index contributed by atoms with van der Waals surface area (Å²) in [6.07, 6.45) is 0. The lowest BCUT2D eigenvalue weighted by Gasteiger charge is -2.11. The van der Waals surface area contributed by atoms with Crippen LogP contribution in [0.4, 0.5) is 0 Å². The maximum absolute atomic E-state index is 11.8. The van der Waals surface area contributed by atoms with E-state index in [0.717, 1.165) is 18.0 Å². The zero-order valence-electron chi connectivity index (χ0n) is 10.4. The molecule has 3 nitrogen and oxygen atoms in total. The van der Waals surface area contributed by atoms with Gasteiger partial charge in [0.25, 0.3) is 5.91 Å². The molecule has 0 aliphatic carbocycles. The molecule has 0 aliphatic heterocycles. The number of carbonyl (C=O) groups is 1. The van der Waals surface area contributed by atoms with Crippen molar-refractivity contribution in [1.82, 2.24) is 10.6 Å². The van der Waals surface area contributed by atoms with E-state index in [9.17, 15) is 4.79 Å². The quantitative estimate of drug-likeness (QED) is 0.826. The Morgan fingerprint density at radius 3 is 2.62 bits per heavy atom. The first-order valence-electron chi connectivity index (χ1n) is 5.54. The molecule has 1 aromatic rings. The van der Waals surface area contributed by atoms with E-state index in [1.54, 1.807) is 11.3 Å². The molecule has 4 heteroatoms. The SMILES string of the molecule is CNCC(C)CNC(=O)c1cc(C)c(C)s1. The van der Waals surface area contributed by atoms with Crippen LogP contribution in [0, 0.1) is 19.8 Å². The van der Waals surface area contributed by atoms with E-state index in [4.69, 9.17) is 0 Å². The highest BCUT2D eigenvalue weighted by Crippen LogP contribution is 2.20. The fraction of sp³-hybridized carbons (Fsp3) is 0.583. The number of rotatable bonds is 5. The lowest BCUT2D eigenvalue weighted by Crippen LogP contribution is -2.31. The highest BCUT2D eigenvalue weighted by molar-refractivity contribution is 7.14. The summed E-state index contributed by atoms with van der Waals surface area (Å²) < 4.78 is 0. The molecule has 0 bridgehead atoms. The molecule has 0 fully saturated rings. The molecule has 0 aliphatic rings. The summed E-state index contributed by atoms with van der Waals surface area (Å²) in [6.45, 7) is 7.83. The molecule has 1 amide bonds. The fourth-order valence-corrected chi connectivity index (χ4v) is 2.41. The highest BCUT2D eigenvalue weighted by Gasteiger charge is 2.11. The summed E-state index contributed by atoms with van der Waals surface area (Å²) in [5, 5.41) is 6.05. The number of thiophene rings is 1. The molecule has 1 aromatic heterocycles. The van der Waals surface area contributed by atoms with E-state index < -0.39 is 0 Å². The zero-order chi connectivity index (χ0) is 12.1. The minimum absolute atomic E-state index is 0.0455. The van der Waals surface area contributed by atoms with Crippen LogP contribution in [0.2, 0.25) is 0 Å². The van der Waals surface area contributed by atoms with E-state index in [0.29, 0.717) is 5.92 Å². The predicted octanol–water partition coefficient (Wildman–Crippen LogP) is 1.95. The van der Waals surface area contributed by atoms with Gasteiger partial charge in [-0.15, -0.1) is 11.3 Å². The first-order chi connectivity index (χ1) is 7.54. The van der Waals surface area contributed by atoms with E-state index in [1.807, 2.05) is 27.0 Å². The smallest absolute Gasteiger partial charge is 0.261 e. The van der Waals surface area contributed by atoms with Crippen molar-refractivity contribution in [3.8, 4) is 0 Å². The van der Waals surface area contributed by atoms with Gasteiger partial charge in [-0.05, 0) is 45.0 Å². The summed E-state index contributed by atoms with van der Waals surface area (Å²) in [6, 6.07) is 1.96. The Bertz CT molecular complexity index is 340. The molecular weight excluding hydrogens is 220 g/mol. The molecule has 0 radical (unpaired) electrons. The predicted molar refractivity (Wildman–Crippen MR) is 69.2 cm³/mol. The number of hydrogen-bond acceptors (Lipinski definition) is 3. The Morgan fingerprint density at radius 1 is 1.44 bits per heavy atom. The van der Waals surface area contributed by atoms with Crippen LogP contribution in [-0.2, 0) is 0 Å². The van der Waals surface area contributed by atoms with E-state index >= 15 is 0 Å². The van der Waals surface area contributed by atoms with Crippen LogP contribution in [0.25, 0.3) is 0 Å². The molecule has 1 heterocycles. The largest absolute Gasteiger partial charge is 0.351 e. The van der Waals surface area contributed by atoms with Gasteiger partial charge in [0.2, 0.25) is 0 Å². The van der Waals surface area contributed by atoms with Crippen molar-refractivity contribution in [3.05, 3.63) is 21.4 Å². The molecular formula is C12H20N2OS. The molecule has 2 N–H and O–H groups in total. The topological polar surface area (TPSA) is 41.1 Å². The Morgan fingerprint density at radius 2 is 2.12 bits per heavy atom. The number of nitrogens with one attached hydrogen (secondary N) is 2. The average molecular weight is 240 g/mol. The number of carbonyl (C=O) groups excluding carboxylic acids is 1. The molecule has 0 saturated heterocycles. The monoisotopic (exact) mass is 240 g/mol. The molecule has 1 atom stereocenters. The fourth-order valence-electron chi connectivity index (χ4n) is 1.46. The van der Waals surface area contributed by atoms with Gasteiger partial charge in [-0.1, -0.05) is 6.92 Å². The van der Waals surface area contributed by atoms with E-state index in [1.165, 1.54) is 10.4 Å². The van der Waals surface area contributed by atoms with Crippen molar-refractivity contribution < 1.29 is 4.79 Å². The molecule has 0 spiro atoms. The molecule has 1 rings (SSSR count). The summed E-state index contributed by atoms with van der Waals surface area (Å²) >= 11 is 1.56. The van der Waals surface area contributed by atoms with E-state index in [-0.39, 0.29) is 5.91 Å². The Kier molecular flexibility index (Phi) is 4.96. The van der Waals surface area contributed by atoms with Gasteiger partial charge in [0, 0.05) is 11.4 Å². The number of aryl methyl sites for hydroxylation is 2. The van der Waals surface area contributed by atoms with Crippen LogP contribution in [0.5, 0.6) is 0 Å². The van der Waals surface area contributed by atoms with Crippen molar-refractivity contribution >= 4 is 17.2 Å². The minimum Gasteiger partial charge on any atom is -0.351 e. The van der Waals surface area contributed by atoms with Crippen LogP contribution >= 0.6 is 11.3 Å². The third-order valence-corrected chi connectivity index (χ3v) is 3.70. The molecule has 0 aromatic carbocycles. The molecule has 16 heavy (non-hydrogen) atoms. The maximum atomic E-state index is 11.8. The lowest BCUT2D eigenvalue weighted by molar-refractivity contribution is 0.0952. The van der Waals surface area contributed by atoms with Crippen molar-refractivity contribution in [2.45, 2.75) is 20.8 Å². The standard InChI is InChI=1S/C12H20N2OS/c1-8(6-13-4)7-14-12(15)11-5-9(2)10(3)16-11/h5,8,13H,6-7H2,1-4H3,(H,14,15). The average Bonchev–Trinajstić information content (AvgIpc) is 2.56. The van der Waals surface area contributed by atoms with E-state index in [2.05, 4.69) is 17.6 Å². The van der Waals surface area contributed by atoms with Crippen molar-refractivity contribution in [2.24, 2.45) is 5.92 Å². The number of amides is 1. The van der Waals surface area contributed by atoms with Crippen LogP contribution in [0.15, 0.2) is 6.07 Å². The van der Waals surface area contributed by atoms with Gasteiger partial charge >= 0.3 is 0 Å². The number of hydrogen-bond donors (Lipinski definition) is 2. The molecule has 1 unspecified atom stereocenters. The Labute approximate surface area is 101 Å². The summed E-state index contributed by atoms with van der Waals surface area (Å²) in [5.41, 5.74) is 1.19. The Balaban J connectivity index is 2.46. The van der Waals surface area contributed by atoms with Crippen LogP contribution in [0.1, 0.15) is 27.0 Å². The normalized spacial score (nSPS) is 12.5. The van der Waals surface area contributed by atoms with Gasteiger partial charge in [0.05, 0.1) is 4.88 Å². The van der Waals surface area contributed by atoms with Crippen LogP contribution in [0.3, 0.4) is 0 Å². The maximum Gasteiger partial charge on any atom is 0.261 e.